The number of methoxy groups -OCH3 is 1. The predicted octanol–water partition coefficient (Wildman–Crippen LogP) is 0.405. The third kappa shape index (κ3) is 2.74. The van der Waals surface area contributed by atoms with Gasteiger partial charge in [-0.05, 0) is 5.92 Å². The first kappa shape index (κ1) is 12.1. The van der Waals surface area contributed by atoms with Gasteiger partial charge in [0.05, 0.1) is 0 Å². The molecule has 6 heteroatoms. The maximum absolute atomic E-state index is 9.37. The number of nitrogens with zero attached hydrogens (tertiary/aromatic N) is 2. The Hall–Kier alpha value is -0.980. The SMILES string of the molecule is COC(c1noc([C@@H](O)CN)n1)C(C)C. The van der Waals surface area contributed by atoms with E-state index in [0.717, 1.165) is 0 Å². The first-order chi connectivity index (χ1) is 7.10. The van der Waals surface area contributed by atoms with Gasteiger partial charge in [0, 0.05) is 13.7 Å². The van der Waals surface area contributed by atoms with Gasteiger partial charge in [-0.2, -0.15) is 4.98 Å². The molecule has 15 heavy (non-hydrogen) atoms. The first-order valence-electron chi connectivity index (χ1n) is 4.84. The minimum atomic E-state index is -0.907. The molecule has 0 saturated carbocycles. The smallest absolute Gasteiger partial charge is 0.256 e. The average Bonchev–Trinajstić information content (AvgIpc) is 2.66. The molecule has 0 spiro atoms. The highest BCUT2D eigenvalue weighted by atomic mass is 16.5. The molecule has 0 saturated heterocycles. The monoisotopic (exact) mass is 215 g/mol. The fourth-order valence-electron chi connectivity index (χ4n) is 1.27. The Morgan fingerprint density at radius 3 is 2.67 bits per heavy atom. The quantitative estimate of drug-likeness (QED) is 0.738. The first-order valence-corrected chi connectivity index (χ1v) is 4.84. The van der Waals surface area contributed by atoms with Gasteiger partial charge in [0.1, 0.15) is 12.2 Å². The fourth-order valence-corrected chi connectivity index (χ4v) is 1.27. The highest BCUT2D eigenvalue weighted by Crippen LogP contribution is 2.23. The van der Waals surface area contributed by atoms with Crippen LogP contribution < -0.4 is 5.73 Å². The van der Waals surface area contributed by atoms with Crippen LogP contribution >= 0.6 is 0 Å². The van der Waals surface area contributed by atoms with Gasteiger partial charge in [0.25, 0.3) is 5.89 Å². The lowest BCUT2D eigenvalue weighted by atomic mass is 10.1. The standard InChI is InChI=1S/C9H17N3O3/c1-5(2)7(14-3)8-11-9(15-12-8)6(13)4-10/h5-7,13H,4,10H2,1-3H3/t6-,7?/m0/s1. The minimum Gasteiger partial charge on any atom is -0.382 e. The third-order valence-electron chi connectivity index (χ3n) is 2.08. The Kier molecular flexibility index (Phi) is 4.19. The van der Waals surface area contributed by atoms with Crippen molar-refractivity contribution < 1.29 is 14.4 Å². The van der Waals surface area contributed by atoms with Crippen LogP contribution in [0.1, 0.15) is 37.8 Å². The van der Waals surface area contributed by atoms with Crippen LogP contribution in [0, 0.1) is 5.92 Å². The molecule has 2 atom stereocenters. The Morgan fingerprint density at radius 2 is 2.20 bits per heavy atom. The summed E-state index contributed by atoms with van der Waals surface area (Å²) in [5.74, 6) is 0.806. The third-order valence-corrected chi connectivity index (χ3v) is 2.08. The van der Waals surface area contributed by atoms with Crippen LogP contribution in [0.3, 0.4) is 0 Å². The molecule has 0 aromatic carbocycles. The summed E-state index contributed by atoms with van der Waals surface area (Å²) in [4.78, 5) is 4.04. The highest BCUT2D eigenvalue weighted by Gasteiger charge is 2.23. The molecule has 0 aliphatic rings. The van der Waals surface area contributed by atoms with Crippen molar-refractivity contribution in [3.05, 3.63) is 11.7 Å². The van der Waals surface area contributed by atoms with E-state index >= 15 is 0 Å². The molecule has 1 unspecified atom stereocenters. The molecule has 86 valence electrons. The van der Waals surface area contributed by atoms with E-state index < -0.39 is 6.10 Å². The van der Waals surface area contributed by atoms with Gasteiger partial charge in [0.15, 0.2) is 0 Å². The zero-order valence-electron chi connectivity index (χ0n) is 9.17. The van der Waals surface area contributed by atoms with E-state index in [1.54, 1.807) is 7.11 Å². The minimum absolute atomic E-state index is 0.0565. The van der Waals surface area contributed by atoms with Crippen LogP contribution in [0.4, 0.5) is 0 Å². The average molecular weight is 215 g/mol. The number of rotatable bonds is 5. The van der Waals surface area contributed by atoms with Crippen molar-refractivity contribution in [2.45, 2.75) is 26.1 Å². The van der Waals surface area contributed by atoms with Crippen LogP contribution in [0.2, 0.25) is 0 Å². The lowest BCUT2D eigenvalue weighted by Gasteiger charge is -2.14. The van der Waals surface area contributed by atoms with Gasteiger partial charge in [0.2, 0.25) is 5.82 Å². The molecule has 0 aliphatic carbocycles. The second kappa shape index (κ2) is 5.20. The number of hydrogen-bond acceptors (Lipinski definition) is 6. The Labute approximate surface area is 88.4 Å². The zero-order chi connectivity index (χ0) is 11.4. The fraction of sp³-hybridized carbons (Fsp3) is 0.778. The summed E-state index contributed by atoms with van der Waals surface area (Å²) >= 11 is 0. The summed E-state index contributed by atoms with van der Waals surface area (Å²) in [7, 11) is 1.58. The summed E-state index contributed by atoms with van der Waals surface area (Å²) in [6, 6.07) is 0. The molecule has 0 fully saturated rings. The maximum atomic E-state index is 9.37. The topological polar surface area (TPSA) is 94.4 Å². The largest absolute Gasteiger partial charge is 0.382 e. The highest BCUT2D eigenvalue weighted by molar-refractivity contribution is 4.95. The van der Waals surface area contributed by atoms with Crippen molar-refractivity contribution in [2.75, 3.05) is 13.7 Å². The molecule has 1 aromatic heterocycles. The van der Waals surface area contributed by atoms with Crippen LogP contribution in [0.15, 0.2) is 4.52 Å². The molecule has 1 heterocycles. The van der Waals surface area contributed by atoms with Crippen molar-refractivity contribution in [1.82, 2.24) is 10.1 Å². The number of hydrogen-bond donors (Lipinski definition) is 2. The van der Waals surface area contributed by atoms with E-state index in [-0.39, 0.29) is 24.5 Å². The predicted molar refractivity (Wildman–Crippen MR) is 52.9 cm³/mol. The molecule has 0 aliphatic heterocycles. The number of aliphatic hydroxyl groups is 1. The second-order valence-electron chi connectivity index (χ2n) is 3.64. The number of aromatic nitrogens is 2. The van der Waals surface area contributed by atoms with Gasteiger partial charge in [-0.3, -0.25) is 0 Å². The molecule has 0 bridgehead atoms. The lowest BCUT2D eigenvalue weighted by molar-refractivity contribution is 0.0555. The molecule has 0 radical (unpaired) electrons. The van der Waals surface area contributed by atoms with Crippen LogP contribution in [0.5, 0.6) is 0 Å². The van der Waals surface area contributed by atoms with Crippen molar-refractivity contribution in [1.29, 1.82) is 0 Å². The summed E-state index contributed by atoms with van der Waals surface area (Å²) < 4.78 is 10.1. The van der Waals surface area contributed by atoms with E-state index in [9.17, 15) is 5.11 Å². The van der Waals surface area contributed by atoms with Crippen LogP contribution in [0.25, 0.3) is 0 Å². The molecular formula is C9H17N3O3. The van der Waals surface area contributed by atoms with Crippen LogP contribution in [-0.2, 0) is 4.74 Å². The molecular weight excluding hydrogens is 198 g/mol. The molecule has 3 N–H and O–H groups in total. The Bertz CT molecular complexity index is 301. The molecule has 6 nitrogen and oxygen atoms in total. The maximum Gasteiger partial charge on any atom is 0.256 e. The second-order valence-corrected chi connectivity index (χ2v) is 3.64. The normalized spacial score (nSPS) is 15.6. The van der Waals surface area contributed by atoms with E-state index in [4.69, 9.17) is 15.0 Å². The molecule has 0 amide bonds. The number of ether oxygens (including phenoxy) is 1. The van der Waals surface area contributed by atoms with E-state index in [1.807, 2.05) is 13.8 Å². The van der Waals surface area contributed by atoms with Gasteiger partial charge in [-0.25, -0.2) is 0 Å². The lowest BCUT2D eigenvalue weighted by Crippen LogP contribution is -2.13. The van der Waals surface area contributed by atoms with E-state index in [2.05, 4.69) is 10.1 Å². The summed E-state index contributed by atoms with van der Waals surface area (Å²) in [5, 5.41) is 13.1. The molecule has 1 aromatic rings. The number of aliphatic hydroxyl groups excluding tert-OH is 1. The van der Waals surface area contributed by atoms with Crippen LogP contribution in [-0.4, -0.2) is 28.9 Å². The van der Waals surface area contributed by atoms with Gasteiger partial charge in [-0.15, -0.1) is 0 Å². The van der Waals surface area contributed by atoms with E-state index in [0.29, 0.717) is 5.82 Å². The summed E-state index contributed by atoms with van der Waals surface area (Å²) in [6.45, 7) is 4.04. The van der Waals surface area contributed by atoms with Gasteiger partial charge < -0.3 is 20.1 Å². The Morgan fingerprint density at radius 1 is 1.53 bits per heavy atom. The van der Waals surface area contributed by atoms with Crippen molar-refractivity contribution in [3.8, 4) is 0 Å². The summed E-state index contributed by atoms with van der Waals surface area (Å²) in [5.41, 5.74) is 5.27. The van der Waals surface area contributed by atoms with Gasteiger partial charge in [-0.1, -0.05) is 19.0 Å². The van der Waals surface area contributed by atoms with Crippen molar-refractivity contribution >= 4 is 0 Å². The molecule has 1 rings (SSSR count). The van der Waals surface area contributed by atoms with E-state index in [1.165, 1.54) is 0 Å². The van der Waals surface area contributed by atoms with Crippen molar-refractivity contribution in [2.24, 2.45) is 11.7 Å². The Balaban J connectivity index is 2.82. The zero-order valence-corrected chi connectivity index (χ0v) is 9.17. The van der Waals surface area contributed by atoms with Crippen molar-refractivity contribution in [3.63, 3.8) is 0 Å². The van der Waals surface area contributed by atoms with Gasteiger partial charge >= 0.3 is 0 Å². The number of nitrogens with two attached hydrogens (primary N) is 1. The summed E-state index contributed by atoms with van der Waals surface area (Å²) in [6.07, 6.45) is -1.14.